The van der Waals surface area contributed by atoms with Crippen molar-refractivity contribution in [1.29, 1.82) is 0 Å². The third-order valence-corrected chi connectivity index (χ3v) is 6.04. The fourth-order valence-corrected chi connectivity index (χ4v) is 4.05. The average molecular weight is 432 g/mol. The van der Waals surface area contributed by atoms with E-state index >= 15 is 0 Å². The van der Waals surface area contributed by atoms with Gasteiger partial charge in [0.2, 0.25) is 5.91 Å². The van der Waals surface area contributed by atoms with Crippen molar-refractivity contribution in [3.8, 4) is 0 Å². The van der Waals surface area contributed by atoms with Gasteiger partial charge >= 0.3 is 0 Å². The van der Waals surface area contributed by atoms with E-state index in [4.69, 9.17) is 0 Å². The number of halogens is 2. The van der Waals surface area contributed by atoms with Crippen LogP contribution in [0.25, 0.3) is 0 Å². The smallest absolute Gasteiger partial charge is 0.238 e. The molecule has 1 amide bonds. The minimum atomic E-state index is -0.256. The molecule has 5 heteroatoms. The van der Waals surface area contributed by atoms with Crippen LogP contribution in [0.3, 0.4) is 0 Å². The summed E-state index contributed by atoms with van der Waals surface area (Å²) >= 11 is 3.48. The van der Waals surface area contributed by atoms with Crippen molar-refractivity contribution in [1.82, 2.24) is 10.2 Å². The van der Waals surface area contributed by atoms with Crippen molar-refractivity contribution >= 4 is 34.2 Å². The summed E-state index contributed by atoms with van der Waals surface area (Å²) in [6.07, 6.45) is 7.51. The fraction of sp³-hybridized carbons (Fsp3) is 0.650. The largest absolute Gasteiger partial charge is 0.355 e. The quantitative estimate of drug-likeness (QED) is 0.459. The number of alkyl halides is 1. The number of carbonyl (C=O) groups is 1. The molecule has 1 aliphatic heterocycles. The number of rotatable bonds is 8. The van der Waals surface area contributed by atoms with Crippen molar-refractivity contribution < 1.29 is 4.79 Å². The van der Waals surface area contributed by atoms with Gasteiger partial charge in [-0.05, 0) is 51.6 Å². The van der Waals surface area contributed by atoms with Crippen molar-refractivity contribution in [2.75, 3.05) is 13.1 Å². The maximum absolute atomic E-state index is 12.1. The molecule has 3 nitrogen and oxygen atoms in total. The molecule has 1 fully saturated rings. The Kier molecular flexibility index (Phi) is 10.7. The van der Waals surface area contributed by atoms with Crippen LogP contribution in [0.1, 0.15) is 62.8 Å². The van der Waals surface area contributed by atoms with Gasteiger partial charge in [0.1, 0.15) is 4.83 Å². The summed E-state index contributed by atoms with van der Waals surface area (Å²) in [4.78, 5) is 14.5. The van der Waals surface area contributed by atoms with E-state index < -0.39 is 0 Å². The van der Waals surface area contributed by atoms with Crippen molar-refractivity contribution in [2.24, 2.45) is 0 Å². The molecular formula is C20H32BrClN2O. The van der Waals surface area contributed by atoms with Gasteiger partial charge in [-0.25, -0.2) is 0 Å². The van der Waals surface area contributed by atoms with Crippen LogP contribution in [0.15, 0.2) is 30.3 Å². The lowest BCUT2D eigenvalue weighted by Gasteiger charge is -2.39. The highest BCUT2D eigenvalue weighted by Gasteiger charge is 2.23. The van der Waals surface area contributed by atoms with Crippen LogP contribution in [0.5, 0.6) is 0 Å². The lowest BCUT2D eigenvalue weighted by atomic mass is 9.97. The van der Waals surface area contributed by atoms with E-state index in [1.165, 1.54) is 38.6 Å². The predicted octanol–water partition coefficient (Wildman–Crippen LogP) is 5.09. The molecule has 0 spiro atoms. The standard InChI is InChI=1S/C20H31BrN2O.ClH/c1-16-10-9-11-17(2)23(16)15-8-4-7-14-22-20(24)19(21)18-12-5-3-6-13-18;/h3,5-6,12-13,16-17,19H,4,7-11,14-15H2,1-2H3,(H,22,24);1H. The zero-order valence-corrected chi connectivity index (χ0v) is 17.8. The first kappa shape index (κ1) is 22.5. The lowest BCUT2D eigenvalue weighted by Crippen LogP contribution is -2.44. The molecule has 0 bridgehead atoms. The van der Waals surface area contributed by atoms with Crippen molar-refractivity contribution in [2.45, 2.75) is 69.3 Å². The van der Waals surface area contributed by atoms with Crippen molar-refractivity contribution in [3.63, 3.8) is 0 Å². The zero-order valence-electron chi connectivity index (χ0n) is 15.4. The molecule has 0 aliphatic carbocycles. The highest BCUT2D eigenvalue weighted by Crippen LogP contribution is 2.23. The zero-order chi connectivity index (χ0) is 17.4. The topological polar surface area (TPSA) is 32.3 Å². The van der Waals surface area contributed by atoms with E-state index in [-0.39, 0.29) is 23.1 Å². The van der Waals surface area contributed by atoms with Gasteiger partial charge in [-0.1, -0.05) is 59.1 Å². The van der Waals surface area contributed by atoms with Gasteiger partial charge in [-0.15, -0.1) is 12.4 Å². The van der Waals surface area contributed by atoms with Crippen LogP contribution in [0, 0.1) is 0 Å². The number of amides is 1. The number of carbonyl (C=O) groups excluding carboxylic acids is 1. The van der Waals surface area contributed by atoms with Crippen LogP contribution < -0.4 is 5.32 Å². The molecule has 25 heavy (non-hydrogen) atoms. The number of benzene rings is 1. The number of nitrogens with zero attached hydrogens (tertiary/aromatic N) is 1. The SMILES string of the molecule is CC1CCCC(C)N1CCCCCNC(=O)C(Br)c1ccccc1.Cl. The van der Waals surface area contributed by atoms with E-state index in [0.717, 1.165) is 30.6 Å². The van der Waals surface area contributed by atoms with Gasteiger partial charge in [0.15, 0.2) is 0 Å². The molecule has 2 rings (SSSR count). The molecule has 1 aromatic carbocycles. The molecule has 1 aromatic rings. The summed E-state index contributed by atoms with van der Waals surface area (Å²) < 4.78 is 0. The van der Waals surface area contributed by atoms with Crippen LogP contribution >= 0.6 is 28.3 Å². The highest BCUT2D eigenvalue weighted by molar-refractivity contribution is 9.09. The van der Waals surface area contributed by atoms with Crippen LogP contribution in [0.2, 0.25) is 0 Å². The van der Waals surface area contributed by atoms with Crippen LogP contribution in [-0.2, 0) is 4.79 Å². The van der Waals surface area contributed by atoms with Crippen LogP contribution in [-0.4, -0.2) is 36.0 Å². The molecule has 1 aliphatic rings. The van der Waals surface area contributed by atoms with E-state index in [2.05, 4.69) is 40.0 Å². The molecule has 1 saturated heterocycles. The monoisotopic (exact) mass is 430 g/mol. The Bertz CT molecular complexity index is 490. The highest BCUT2D eigenvalue weighted by atomic mass is 79.9. The summed E-state index contributed by atoms with van der Waals surface area (Å²) in [6.45, 7) is 6.67. The van der Waals surface area contributed by atoms with E-state index in [1.54, 1.807) is 0 Å². The Morgan fingerprint density at radius 1 is 1.16 bits per heavy atom. The predicted molar refractivity (Wildman–Crippen MR) is 112 cm³/mol. The number of hydrogen-bond acceptors (Lipinski definition) is 2. The normalized spacial score (nSPS) is 22.0. The Hall–Kier alpha value is -0.580. The minimum absolute atomic E-state index is 0. The molecule has 3 atom stereocenters. The van der Waals surface area contributed by atoms with Gasteiger partial charge in [0.25, 0.3) is 0 Å². The molecule has 3 unspecified atom stereocenters. The number of likely N-dealkylation sites (tertiary alicyclic amines) is 1. The third kappa shape index (κ3) is 7.28. The first-order valence-electron chi connectivity index (χ1n) is 9.32. The van der Waals surface area contributed by atoms with Crippen LogP contribution in [0.4, 0.5) is 0 Å². The molecule has 0 saturated carbocycles. The minimum Gasteiger partial charge on any atom is -0.355 e. The third-order valence-electron chi connectivity index (χ3n) is 5.09. The van der Waals surface area contributed by atoms with Gasteiger partial charge in [0, 0.05) is 18.6 Å². The second-order valence-corrected chi connectivity index (χ2v) is 7.91. The first-order chi connectivity index (χ1) is 11.6. The summed E-state index contributed by atoms with van der Waals surface area (Å²) in [5.41, 5.74) is 1.00. The second-order valence-electron chi connectivity index (χ2n) is 6.99. The maximum atomic E-state index is 12.1. The summed E-state index contributed by atoms with van der Waals surface area (Å²) in [6, 6.07) is 11.3. The summed E-state index contributed by atoms with van der Waals surface area (Å²) in [5, 5.41) is 3.04. The maximum Gasteiger partial charge on any atom is 0.238 e. The number of unbranched alkanes of at least 4 members (excludes halogenated alkanes) is 2. The fourth-order valence-electron chi connectivity index (χ4n) is 3.59. The number of hydrogen-bond donors (Lipinski definition) is 1. The lowest BCUT2D eigenvalue weighted by molar-refractivity contribution is -0.120. The second kappa shape index (κ2) is 11.9. The Balaban J connectivity index is 0.00000312. The van der Waals surface area contributed by atoms with Gasteiger partial charge < -0.3 is 5.32 Å². The van der Waals surface area contributed by atoms with E-state index in [1.807, 2.05) is 30.3 Å². The molecule has 142 valence electrons. The van der Waals surface area contributed by atoms with Crippen molar-refractivity contribution in [3.05, 3.63) is 35.9 Å². The van der Waals surface area contributed by atoms with Gasteiger partial charge in [-0.2, -0.15) is 0 Å². The molecule has 0 aromatic heterocycles. The number of piperidine rings is 1. The van der Waals surface area contributed by atoms with E-state index in [0.29, 0.717) is 0 Å². The van der Waals surface area contributed by atoms with Gasteiger partial charge in [0.05, 0.1) is 0 Å². The summed E-state index contributed by atoms with van der Waals surface area (Å²) in [7, 11) is 0. The molecule has 0 radical (unpaired) electrons. The number of nitrogens with one attached hydrogen (secondary N) is 1. The van der Waals surface area contributed by atoms with Gasteiger partial charge in [-0.3, -0.25) is 9.69 Å². The Morgan fingerprint density at radius 2 is 1.80 bits per heavy atom. The Labute approximate surface area is 167 Å². The first-order valence-corrected chi connectivity index (χ1v) is 10.2. The van der Waals surface area contributed by atoms with E-state index in [9.17, 15) is 4.79 Å². The molecular weight excluding hydrogens is 400 g/mol. The summed E-state index contributed by atoms with van der Waals surface area (Å²) in [5.74, 6) is 0.0551. The Morgan fingerprint density at radius 3 is 2.44 bits per heavy atom. The average Bonchev–Trinajstić information content (AvgIpc) is 2.60. The molecule has 1 N–H and O–H groups in total. The molecule has 1 heterocycles.